The Balaban J connectivity index is 1.08. The summed E-state index contributed by atoms with van der Waals surface area (Å²) in [7, 11) is 0. The van der Waals surface area contributed by atoms with Gasteiger partial charge in [-0.25, -0.2) is 0 Å². The van der Waals surface area contributed by atoms with Crippen molar-refractivity contribution < 1.29 is 0 Å². The van der Waals surface area contributed by atoms with Gasteiger partial charge in [-0.05, 0) is 112 Å². The Bertz CT molecular complexity index is 3470. The molecule has 0 atom stereocenters. The third-order valence-electron chi connectivity index (χ3n) is 11.5. The van der Waals surface area contributed by atoms with E-state index in [1.165, 1.54) is 102 Å². The minimum atomic E-state index is 1.16. The normalized spacial score (nSPS) is 12.0. The van der Waals surface area contributed by atoms with Gasteiger partial charge in [0.1, 0.15) is 0 Å². The molecule has 3 heteroatoms. The molecule has 55 heavy (non-hydrogen) atoms. The van der Waals surface area contributed by atoms with E-state index >= 15 is 0 Å². The number of fused-ring (bicyclic) bond motifs is 10. The molecule has 3 heterocycles. The lowest BCUT2D eigenvalue weighted by atomic mass is 9.99. The van der Waals surface area contributed by atoms with Crippen LogP contribution in [-0.2, 0) is 0 Å². The molecule has 0 bridgehead atoms. The molecule has 0 amide bonds. The summed E-state index contributed by atoms with van der Waals surface area (Å²) in [6.07, 6.45) is 0. The van der Waals surface area contributed by atoms with Crippen LogP contribution in [-0.4, -0.2) is 9.13 Å². The highest BCUT2D eigenvalue weighted by atomic mass is 32.1. The SMILES string of the molecule is c1ccc(-c2ccc3c4cc(-c5ccc6c(c5)c5cc7ccccc7cc5n6-c5ccc6sc7ccccc7c6c5)ccc4n(-c4ccccc4)c3c2)cc1. The second-order valence-corrected chi connectivity index (χ2v) is 15.6. The van der Waals surface area contributed by atoms with Gasteiger partial charge in [0.25, 0.3) is 0 Å². The van der Waals surface area contributed by atoms with Gasteiger partial charge in [0.15, 0.2) is 0 Å². The quantitative estimate of drug-likeness (QED) is 0.172. The van der Waals surface area contributed by atoms with Crippen molar-refractivity contribution in [2.75, 3.05) is 0 Å². The minimum absolute atomic E-state index is 1.16. The lowest BCUT2D eigenvalue weighted by molar-refractivity contribution is 1.18. The third kappa shape index (κ3) is 4.67. The van der Waals surface area contributed by atoms with Crippen LogP contribution in [0.15, 0.2) is 194 Å². The second-order valence-electron chi connectivity index (χ2n) is 14.6. The number of aromatic nitrogens is 2. The van der Waals surface area contributed by atoms with E-state index in [0.717, 1.165) is 5.69 Å². The summed E-state index contributed by atoms with van der Waals surface area (Å²) < 4.78 is 7.52. The van der Waals surface area contributed by atoms with Crippen molar-refractivity contribution in [3.05, 3.63) is 194 Å². The van der Waals surface area contributed by atoms with Gasteiger partial charge in [-0.15, -0.1) is 11.3 Å². The van der Waals surface area contributed by atoms with Gasteiger partial charge in [0, 0.05) is 53.1 Å². The average Bonchev–Trinajstić information content (AvgIpc) is 3.89. The maximum atomic E-state index is 2.47. The Morgan fingerprint density at radius 3 is 1.62 bits per heavy atom. The zero-order valence-corrected chi connectivity index (χ0v) is 30.6. The highest BCUT2D eigenvalue weighted by molar-refractivity contribution is 7.25. The van der Waals surface area contributed by atoms with Crippen molar-refractivity contribution in [2.45, 2.75) is 0 Å². The molecule has 2 nitrogen and oxygen atoms in total. The van der Waals surface area contributed by atoms with E-state index < -0.39 is 0 Å². The van der Waals surface area contributed by atoms with Crippen LogP contribution in [0.4, 0.5) is 0 Å². The van der Waals surface area contributed by atoms with Crippen molar-refractivity contribution in [1.82, 2.24) is 9.13 Å². The van der Waals surface area contributed by atoms with E-state index in [0.29, 0.717) is 0 Å². The number of para-hydroxylation sites is 1. The monoisotopic (exact) mass is 716 g/mol. The average molecular weight is 717 g/mol. The first-order valence-corrected chi connectivity index (χ1v) is 19.6. The molecule has 12 rings (SSSR count). The van der Waals surface area contributed by atoms with Crippen LogP contribution in [0.2, 0.25) is 0 Å². The first kappa shape index (κ1) is 30.5. The molecule has 256 valence electrons. The van der Waals surface area contributed by atoms with Crippen LogP contribution in [0, 0.1) is 0 Å². The van der Waals surface area contributed by atoms with Gasteiger partial charge in [-0.2, -0.15) is 0 Å². The van der Waals surface area contributed by atoms with Crippen molar-refractivity contribution in [3.8, 4) is 33.6 Å². The zero-order valence-electron chi connectivity index (χ0n) is 29.8. The van der Waals surface area contributed by atoms with Crippen LogP contribution in [0.25, 0.3) is 108 Å². The smallest absolute Gasteiger partial charge is 0.0547 e. The first-order valence-electron chi connectivity index (χ1n) is 18.8. The molecule has 0 saturated heterocycles. The van der Waals surface area contributed by atoms with Gasteiger partial charge in [0.2, 0.25) is 0 Å². The molecule has 0 unspecified atom stereocenters. The van der Waals surface area contributed by atoms with Gasteiger partial charge in [-0.3, -0.25) is 0 Å². The molecular weight excluding hydrogens is 685 g/mol. The summed E-state index contributed by atoms with van der Waals surface area (Å²) in [5.41, 5.74) is 12.1. The van der Waals surface area contributed by atoms with Crippen molar-refractivity contribution in [2.24, 2.45) is 0 Å². The Labute approximate surface area is 321 Å². The Morgan fingerprint density at radius 2 is 0.836 bits per heavy atom. The highest BCUT2D eigenvalue weighted by Gasteiger charge is 2.18. The Hall–Kier alpha value is -6.94. The fraction of sp³-hybridized carbons (Fsp3) is 0. The molecule has 0 saturated carbocycles. The van der Waals surface area contributed by atoms with Crippen LogP contribution >= 0.6 is 11.3 Å². The molecule has 0 aliphatic carbocycles. The molecule has 0 radical (unpaired) electrons. The standard InChI is InChI=1S/C52H32N2S/c1-3-11-33(12-4-1)38-19-23-41-43-28-36(20-24-47(43)53(49(41)31-38)39-15-5-2-6-16-39)37-21-25-48-44(29-37)45-27-34-13-7-8-14-35(34)30-50(45)54(48)40-22-26-52-46(32-40)42-17-9-10-18-51(42)55-52/h1-32H. The van der Waals surface area contributed by atoms with Gasteiger partial charge >= 0.3 is 0 Å². The predicted molar refractivity (Wildman–Crippen MR) is 236 cm³/mol. The van der Waals surface area contributed by atoms with Crippen molar-refractivity contribution in [1.29, 1.82) is 0 Å². The fourth-order valence-electron chi connectivity index (χ4n) is 8.88. The molecule has 0 aliphatic rings. The topological polar surface area (TPSA) is 9.86 Å². The number of thiophene rings is 1. The maximum Gasteiger partial charge on any atom is 0.0547 e. The Kier molecular flexibility index (Phi) is 6.54. The second kappa shape index (κ2) is 11.8. The largest absolute Gasteiger partial charge is 0.309 e. The summed E-state index contributed by atoms with van der Waals surface area (Å²) in [4.78, 5) is 0. The molecule has 12 aromatic rings. The van der Waals surface area contributed by atoms with Gasteiger partial charge < -0.3 is 9.13 Å². The molecule has 3 aromatic heterocycles. The van der Waals surface area contributed by atoms with Crippen LogP contribution in [0.3, 0.4) is 0 Å². The predicted octanol–water partition coefficient (Wildman–Crippen LogP) is 14.7. The van der Waals surface area contributed by atoms with E-state index in [-0.39, 0.29) is 0 Å². The van der Waals surface area contributed by atoms with Crippen LogP contribution < -0.4 is 0 Å². The van der Waals surface area contributed by atoms with Crippen LogP contribution in [0.1, 0.15) is 0 Å². The molecule has 0 spiro atoms. The van der Waals surface area contributed by atoms with E-state index in [1.807, 2.05) is 11.3 Å². The number of hydrogen-bond acceptors (Lipinski definition) is 1. The van der Waals surface area contributed by atoms with E-state index in [9.17, 15) is 0 Å². The lowest BCUT2D eigenvalue weighted by Crippen LogP contribution is -1.94. The number of hydrogen-bond donors (Lipinski definition) is 0. The molecule has 0 aliphatic heterocycles. The summed E-state index contributed by atoms with van der Waals surface area (Å²) in [5.74, 6) is 0. The van der Waals surface area contributed by atoms with Crippen LogP contribution in [0.5, 0.6) is 0 Å². The molecule has 9 aromatic carbocycles. The number of nitrogens with zero attached hydrogens (tertiary/aromatic N) is 2. The van der Waals surface area contributed by atoms with Crippen molar-refractivity contribution >= 4 is 85.9 Å². The first-order chi connectivity index (χ1) is 27.2. The maximum absolute atomic E-state index is 2.47. The summed E-state index contributed by atoms with van der Waals surface area (Å²) in [6.45, 7) is 0. The number of benzene rings is 9. The van der Waals surface area contributed by atoms with Gasteiger partial charge in [-0.1, -0.05) is 115 Å². The van der Waals surface area contributed by atoms with E-state index in [1.54, 1.807) is 0 Å². The molecule has 0 N–H and O–H groups in total. The minimum Gasteiger partial charge on any atom is -0.309 e. The molecular formula is C52H32N2S. The fourth-order valence-corrected chi connectivity index (χ4v) is 9.97. The summed E-state index contributed by atoms with van der Waals surface area (Å²) >= 11 is 1.87. The Morgan fingerprint density at radius 1 is 0.273 bits per heavy atom. The number of rotatable bonds is 4. The van der Waals surface area contributed by atoms with Crippen molar-refractivity contribution in [3.63, 3.8) is 0 Å². The summed E-state index contributed by atoms with van der Waals surface area (Å²) in [5, 5.41) is 10.2. The third-order valence-corrected chi connectivity index (χ3v) is 12.6. The lowest BCUT2D eigenvalue weighted by Gasteiger charge is -2.10. The zero-order chi connectivity index (χ0) is 36.0. The summed E-state index contributed by atoms with van der Waals surface area (Å²) in [6, 6.07) is 71.6. The van der Waals surface area contributed by atoms with E-state index in [2.05, 4.69) is 203 Å². The molecule has 0 fully saturated rings. The highest BCUT2D eigenvalue weighted by Crippen LogP contribution is 2.42. The van der Waals surface area contributed by atoms with Gasteiger partial charge in [0.05, 0.1) is 22.1 Å². The van der Waals surface area contributed by atoms with E-state index in [4.69, 9.17) is 0 Å².